The lowest BCUT2D eigenvalue weighted by molar-refractivity contribution is 0.0520. The van der Waals surface area contributed by atoms with E-state index in [-0.39, 0.29) is 25.4 Å². The molecule has 1 aliphatic heterocycles. The van der Waals surface area contributed by atoms with Crippen molar-refractivity contribution in [3.05, 3.63) is 56.8 Å². The summed E-state index contributed by atoms with van der Waals surface area (Å²) in [5.74, 6) is -0.0994. The number of aryl methyl sites for hydroxylation is 2. The summed E-state index contributed by atoms with van der Waals surface area (Å²) in [4.78, 5) is 24.6. The highest BCUT2D eigenvalue weighted by Crippen LogP contribution is 2.32. The Hall–Kier alpha value is -3.04. The van der Waals surface area contributed by atoms with E-state index in [0.29, 0.717) is 34.8 Å². The van der Waals surface area contributed by atoms with Gasteiger partial charge in [0.25, 0.3) is 0 Å². The molecule has 198 valence electrons. The van der Waals surface area contributed by atoms with Crippen LogP contribution in [-0.4, -0.2) is 61.4 Å². The predicted molar refractivity (Wildman–Crippen MR) is 146 cm³/mol. The third-order valence-electron chi connectivity index (χ3n) is 7.80. The first-order valence-electron chi connectivity index (χ1n) is 12.7. The summed E-state index contributed by atoms with van der Waals surface area (Å²) in [6, 6.07) is 3.88. The van der Waals surface area contributed by atoms with Gasteiger partial charge in [0, 0.05) is 26.2 Å². The summed E-state index contributed by atoms with van der Waals surface area (Å²) in [7, 11) is -3.69. The molecule has 0 unspecified atom stereocenters. The van der Waals surface area contributed by atoms with Crippen LogP contribution in [0.25, 0.3) is 11.0 Å². The zero-order chi connectivity index (χ0) is 27.2. The molecule has 1 aromatic heterocycles. The summed E-state index contributed by atoms with van der Waals surface area (Å²) < 4.78 is 34.4. The number of fused-ring (bicyclic) bond motifs is 1. The number of hydrogen-bond acceptors (Lipinski definition) is 7. The molecule has 37 heavy (non-hydrogen) atoms. The molecule has 4 rings (SSSR count). The maximum absolute atomic E-state index is 13.8. The van der Waals surface area contributed by atoms with Crippen LogP contribution in [0.1, 0.15) is 56.4 Å². The molecule has 9 heteroatoms. The molecule has 8 nitrogen and oxygen atoms in total. The van der Waals surface area contributed by atoms with E-state index >= 15 is 0 Å². The van der Waals surface area contributed by atoms with Crippen LogP contribution < -0.4 is 4.90 Å². The zero-order valence-electron chi connectivity index (χ0n) is 23.0. The van der Waals surface area contributed by atoms with Gasteiger partial charge < -0.3 is 9.64 Å². The number of hydrogen-bond donors (Lipinski definition) is 0. The fourth-order valence-electron chi connectivity index (χ4n) is 4.98. The Bertz CT molecular complexity index is 1480. The number of nitrogens with zero attached hydrogens (tertiary/aromatic N) is 4. The summed E-state index contributed by atoms with van der Waals surface area (Å²) >= 11 is 0. The number of carbonyl (C=O) groups is 1. The lowest BCUT2D eigenvalue weighted by atomic mass is 9.95. The van der Waals surface area contributed by atoms with Gasteiger partial charge in [0.1, 0.15) is 0 Å². The van der Waals surface area contributed by atoms with Crippen LogP contribution in [-0.2, 0) is 14.8 Å². The first-order valence-corrected chi connectivity index (χ1v) is 14.1. The minimum atomic E-state index is -3.69. The second kappa shape index (κ2) is 10.0. The van der Waals surface area contributed by atoms with E-state index in [9.17, 15) is 13.2 Å². The Kier molecular flexibility index (Phi) is 7.32. The van der Waals surface area contributed by atoms with Crippen molar-refractivity contribution in [2.45, 2.75) is 60.3 Å². The molecule has 2 heterocycles. The Balaban J connectivity index is 1.68. The summed E-state index contributed by atoms with van der Waals surface area (Å²) in [5.41, 5.74) is 8.39. The Labute approximate surface area is 219 Å². The van der Waals surface area contributed by atoms with E-state index in [1.54, 1.807) is 11.2 Å². The average Bonchev–Trinajstić information content (AvgIpc) is 2.86. The van der Waals surface area contributed by atoms with Crippen molar-refractivity contribution < 1.29 is 17.9 Å². The van der Waals surface area contributed by atoms with Crippen LogP contribution in [0.5, 0.6) is 0 Å². The Morgan fingerprint density at radius 3 is 1.81 bits per heavy atom. The average molecular weight is 525 g/mol. The fraction of sp³-hybridized carbons (Fsp3) is 0.464. The minimum Gasteiger partial charge on any atom is -0.461 e. The minimum absolute atomic E-state index is 0.158. The number of anilines is 1. The lowest BCUT2D eigenvalue weighted by Crippen LogP contribution is -2.49. The van der Waals surface area contributed by atoms with Crippen LogP contribution in [0.2, 0.25) is 0 Å². The normalized spacial score (nSPS) is 14.9. The van der Waals surface area contributed by atoms with Crippen molar-refractivity contribution in [1.82, 2.24) is 14.3 Å². The molecule has 0 N–H and O–H groups in total. The highest BCUT2D eigenvalue weighted by atomic mass is 32.2. The first kappa shape index (κ1) is 27.0. The van der Waals surface area contributed by atoms with Gasteiger partial charge in [-0.25, -0.2) is 23.2 Å². The second-order valence-electron chi connectivity index (χ2n) is 9.89. The Morgan fingerprint density at radius 1 is 0.811 bits per heavy atom. The van der Waals surface area contributed by atoms with Crippen molar-refractivity contribution >= 4 is 32.8 Å². The number of ether oxygens (including phenoxy) is 1. The lowest BCUT2D eigenvalue weighted by Gasteiger charge is -2.36. The van der Waals surface area contributed by atoms with Crippen LogP contribution in [0, 0.1) is 48.5 Å². The van der Waals surface area contributed by atoms with Crippen molar-refractivity contribution in [3.63, 3.8) is 0 Å². The molecule has 0 amide bonds. The molecule has 0 bridgehead atoms. The smallest absolute Gasteiger partial charge is 0.360 e. The molecule has 0 aliphatic carbocycles. The number of rotatable bonds is 5. The molecule has 1 aliphatic rings. The number of carbonyl (C=O) groups excluding carboxylic acids is 1. The number of benzene rings is 2. The second-order valence-corrected chi connectivity index (χ2v) is 11.8. The van der Waals surface area contributed by atoms with Gasteiger partial charge in [-0.2, -0.15) is 4.31 Å². The zero-order valence-corrected chi connectivity index (χ0v) is 23.8. The quantitative estimate of drug-likeness (QED) is 0.455. The van der Waals surface area contributed by atoms with Crippen LogP contribution in [0.15, 0.2) is 17.0 Å². The van der Waals surface area contributed by atoms with Crippen molar-refractivity contribution in [3.8, 4) is 0 Å². The van der Waals surface area contributed by atoms with Crippen molar-refractivity contribution in [1.29, 1.82) is 0 Å². The van der Waals surface area contributed by atoms with Crippen molar-refractivity contribution in [2.24, 2.45) is 0 Å². The van der Waals surface area contributed by atoms with E-state index < -0.39 is 16.0 Å². The summed E-state index contributed by atoms with van der Waals surface area (Å²) in [6.45, 7) is 17.1. The van der Waals surface area contributed by atoms with Crippen LogP contribution in [0.3, 0.4) is 0 Å². The monoisotopic (exact) mass is 524 g/mol. The van der Waals surface area contributed by atoms with Gasteiger partial charge in [-0.15, -0.1) is 0 Å². The van der Waals surface area contributed by atoms with Crippen LogP contribution >= 0.6 is 0 Å². The topological polar surface area (TPSA) is 92.7 Å². The molecule has 0 spiro atoms. The third kappa shape index (κ3) is 4.70. The van der Waals surface area contributed by atoms with E-state index in [0.717, 1.165) is 38.9 Å². The van der Waals surface area contributed by atoms with E-state index in [2.05, 4.69) is 4.98 Å². The third-order valence-corrected chi connectivity index (χ3v) is 9.97. The summed E-state index contributed by atoms with van der Waals surface area (Å²) in [6.07, 6.45) is 0. The molecule has 0 radical (unpaired) electrons. The van der Waals surface area contributed by atoms with Gasteiger partial charge in [0.05, 0.1) is 22.5 Å². The van der Waals surface area contributed by atoms with E-state index in [1.807, 2.05) is 65.5 Å². The highest BCUT2D eigenvalue weighted by molar-refractivity contribution is 7.89. The molecule has 0 saturated carbocycles. The van der Waals surface area contributed by atoms with Crippen molar-refractivity contribution in [2.75, 3.05) is 37.7 Å². The molecular weight excluding hydrogens is 488 g/mol. The van der Waals surface area contributed by atoms with E-state index in [1.165, 1.54) is 0 Å². The summed E-state index contributed by atoms with van der Waals surface area (Å²) in [5, 5.41) is 0. The van der Waals surface area contributed by atoms with Gasteiger partial charge in [0.2, 0.25) is 10.0 Å². The molecule has 2 aromatic carbocycles. The molecular formula is C28H36N4O4S. The molecule has 1 saturated heterocycles. The largest absolute Gasteiger partial charge is 0.461 e. The maximum Gasteiger partial charge on any atom is 0.360 e. The molecule has 1 fully saturated rings. The predicted octanol–water partition coefficient (Wildman–Crippen LogP) is 4.48. The Morgan fingerprint density at radius 2 is 1.30 bits per heavy atom. The number of sulfonamides is 1. The van der Waals surface area contributed by atoms with Crippen LogP contribution in [0.4, 0.5) is 5.82 Å². The number of piperazine rings is 1. The van der Waals surface area contributed by atoms with Gasteiger partial charge in [0.15, 0.2) is 11.5 Å². The van der Waals surface area contributed by atoms with Gasteiger partial charge in [-0.3, -0.25) is 0 Å². The SMILES string of the molecule is CCOC(=O)c1nc2cc(C)c(C)cc2nc1N1CCN(S(=O)(=O)c2c(C)c(C)c(C)c(C)c2C)CC1. The number of aromatic nitrogens is 2. The van der Waals surface area contributed by atoms with Gasteiger partial charge in [-0.05, 0) is 106 Å². The first-order chi connectivity index (χ1) is 17.4. The standard InChI is InChI=1S/C28H36N4O4S/c1-9-36-28(33)25-27(30-24-15-17(3)16(2)14-23(24)29-25)31-10-12-32(13-11-31)37(34,35)26-21(7)19(5)18(4)20(6)22(26)8/h14-15H,9-13H2,1-8H3. The maximum atomic E-state index is 13.8. The number of esters is 1. The molecule has 0 atom stereocenters. The van der Waals surface area contributed by atoms with E-state index in [4.69, 9.17) is 9.72 Å². The highest BCUT2D eigenvalue weighted by Gasteiger charge is 2.34. The van der Waals surface area contributed by atoms with Gasteiger partial charge in [-0.1, -0.05) is 0 Å². The van der Waals surface area contributed by atoms with Gasteiger partial charge >= 0.3 is 5.97 Å². The molecule has 3 aromatic rings. The fourth-order valence-corrected chi connectivity index (χ4v) is 6.96.